The Bertz CT molecular complexity index is 1370. The Balaban J connectivity index is 1.26. The standard InChI is InChI=1S/C25H29N5O3S/c1-33-19(17-27-25-29-22-14-5-4-13-21(22)24(26)30-25)11-6-7-16-28-34(31,32)23-15-8-10-18-9-2-3-12-20(18)23/h2-5,8-10,12-15,19,28H,6-7,11,16-17H2,1H3,(H3,26,27,29,30). The van der Waals surface area contributed by atoms with E-state index in [2.05, 4.69) is 20.0 Å². The SMILES string of the molecule is COC(CCCCNS(=O)(=O)c1cccc2ccccc12)CNc1nc(N)c2ccccc2n1. The van der Waals surface area contributed by atoms with Gasteiger partial charge < -0.3 is 15.8 Å². The van der Waals surface area contributed by atoms with Crippen LogP contribution in [0.25, 0.3) is 21.7 Å². The number of rotatable bonds is 11. The van der Waals surface area contributed by atoms with E-state index in [4.69, 9.17) is 10.5 Å². The number of anilines is 2. The summed E-state index contributed by atoms with van der Waals surface area (Å²) < 4.78 is 33.9. The average molecular weight is 480 g/mol. The van der Waals surface area contributed by atoms with E-state index in [1.54, 1.807) is 19.2 Å². The number of ether oxygens (including phenoxy) is 1. The van der Waals surface area contributed by atoms with Crippen molar-refractivity contribution in [3.8, 4) is 0 Å². The first-order valence-corrected chi connectivity index (χ1v) is 12.7. The highest BCUT2D eigenvalue weighted by atomic mass is 32.2. The van der Waals surface area contributed by atoms with E-state index in [-0.39, 0.29) is 6.10 Å². The van der Waals surface area contributed by atoms with E-state index in [9.17, 15) is 8.42 Å². The zero-order chi connectivity index (χ0) is 24.0. The number of nitrogens with two attached hydrogens (primary N) is 1. The van der Waals surface area contributed by atoms with E-state index < -0.39 is 10.0 Å². The molecule has 0 aliphatic heterocycles. The Hall–Kier alpha value is -3.27. The zero-order valence-electron chi connectivity index (χ0n) is 19.1. The summed E-state index contributed by atoms with van der Waals surface area (Å²) in [4.78, 5) is 9.12. The number of sulfonamides is 1. The van der Waals surface area contributed by atoms with Crippen molar-refractivity contribution in [3.63, 3.8) is 0 Å². The number of benzene rings is 3. The van der Waals surface area contributed by atoms with Crippen LogP contribution in [0.2, 0.25) is 0 Å². The fourth-order valence-corrected chi connectivity index (χ4v) is 5.20. The lowest BCUT2D eigenvalue weighted by atomic mass is 10.1. The molecule has 4 rings (SSSR count). The van der Waals surface area contributed by atoms with Gasteiger partial charge in [-0.2, -0.15) is 4.98 Å². The first-order chi connectivity index (χ1) is 16.5. The van der Waals surface area contributed by atoms with Crippen molar-refractivity contribution in [2.24, 2.45) is 0 Å². The number of nitrogen functional groups attached to an aromatic ring is 1. The molecule has 8 nitrogen and oxygen atoms in total. The number of fused-ring (bicyclic) bond motifs is 2. The fourth-order valence-electron chi connectivity index (χ4n) is 3.90. The maximum Gasteiger partial charge on any atom is 0.241 e. The number of nitrogens with zero attached hydrogens (tertiary/aromatic N) is 2. The molecule has 0 aliphatic rings. The molecule has 0 saturated carbocycles. The van der Waals surface area contributed by atoms with Gasteiger partial charge in [0.25, 0.3) is 0 Å². The van der Waals surface area contributed by atoms with Gasteiger partial charge in [-0.3, -0.25) is 0 Å². The molecule has 0 fully saturated rings. The predicted octanol–water partition coefficient (Wildman–Crippen LogP) is 3.94. The van der Waals surface area contributed by atoms with Gasteiger partial charge >= 0.3 is 0 Å². The number of nitrogens with one attached hydrogen (secondary N) is 2. The van der Waals surface area contributed by atoms with Crippen molar-refractivity contribution in [1.29, 1.82) is 0 Å². The lowest BCUT2D eigenvalue weighted by Gasteiger charge is -2.16. The van der Waals surface area contributed by atoms with Crippen LogP contribution in [0.3, 0.4) is 0 Å². The predicted molar refractivity (Wildman–Crippen MR) is 136 cm³/mol. The summed E-state index contributed by atoms with van der Waals surface area (Å²) >= 11 is 0. The fraction of sp³-hybridized carbons (Fsp3) is 0.280. The molecule has 0 bridgehead atoms. The molecule has 3 aromatic carbocycles. The molecule has 4 N–H and O–H groups in total. The highest BCUT2D eigenvalue weighted by Gasteiger charge is 2.16. The highest BCUT2D eigenvalue weighted by molar-refractivity contribution is 7.89. The lowest BCUT2D eigenvalue weighted by molar-refractivity contribution is 0.103. The van der Waals surface area contributed by atoms with Crippen LogP contribution < -0.4 is 15.8 Å². The maximum atomic E-state index is 12.8. The van der Waals surface area contributed by atoms with Crippen LogP contribution in [0, 0.1) is 0 Å². The Morgan fingerprint density at radius 1 is 0.941 bits per heavy atom. The van der Waals surface area contributed by atoms with Gasteiger partial charge in [0.2, 0.25) is 16.0 Å². The van der Waals surface area contributed by atoms with Crippen molar-refractivity contribution >= 4 is 43.5 Å². The summed E-state index contributed by atoms with van der Waals surface area (Å²) in [5.74, 6) is 0.890. The minimum atomic E-state index is -3.58. The Labute approximate surface area is 199 Å². The summed E-state index contributed by atoms with van der Waals surface area (Å²) in [6, 6.07) is 20.4. The molecule has 1 heterocycles. The minimum absolute atomic E-state index is 0.0639. The summed E-state index contributed by atoms with van der Waals surface area (Å²) in [6.45, 7) is 0.885. The van der Waals surface area contributed by atoms with Crippen LogP contribution in [-0.2, 0) is 14.8 Å². The number of para-hydroxylation sites is 1. The van der Waals surface area contributed by atoms with Gasteiger partial charge in [-0.15, -0.1) is 0 Å². The van der Waals surface area contributed by atoms with Crippen LogP contribution in [-0.4, -0.2) is 44.7 Å². The largest absolute Gasteiger partial charge is 0.383 e. The molecular weight excluding hydrogens is 450 g/mol. The normalized spacial score (nSPS) is 12.7. The van der Waals surface area contributed by atoms with Crippen LogP contribution in [0.5, 0.6) is 0 Å². The third kappa shape index (κ3) is 5.61. The molecule has 0 radical (unpaired) electrons. The summed E-state index contributed by atoms with van der Waals surface area (Å²) in [7, 11) is -1.93. The average Bonchev–Trinajstić information content (AvgIpc) is 2.85. The van der Waals surface area contributed by atoms with Crippen molar-refractivity contribution < 1.29 is 13.2 Å². The molecule has 34 heavy (non-hydrogen) atoms. The maximum absolute atomic E-state index is 12.8. The van der Waals surface area contributed by atoms with Crippen molar-refractivity contribution in [2.75, 3.05) is 31.2 Å². The third-order valence-corrected chi connectivity index (χ3v) is 7.26. The van der Waals surface area contributed by atoms with Gasteiger partial charge in [-0.25, -0.2) is 18.1 Å². The number of aromatic nitrogens is 2. The topological polar surface area (TPSA) is 119 Å². The summed E-state index contributed by atoms with van der Waals surface area (Å²) in [5, 5.41) is 5.64. The van der Waals surface area contributed by atoms with Gasteiger partial charge in [-0.1, -0.05) is 48.5 Å². The van der Waals surface area contributed by atoms with E-state index >= 15 is 0 Å². The minimum Gasteiger partial charge on any atom is -0.383 e. The van der Waals surface area contributed by atoms with Gasteiger partial charge in [0, 0.05) is 31.0 Å². The van der Waals surface area contributed by atoms with Crippen LogP contribution in [0.15, 0.2) is 71.6 Å². The van der Waals surface area contributed by atoms with Crippen LogP contribution >= 0.6 is 0 Å². The number of methoxy groups -OCH3 is 1. The molecule has 0 aliphatic carbocycles. The zero-order valence-corrected chi connectivity index (χ0v) is 19.9. The second-order valence-electron chi connectivity index (χ2n) is 8.06. The second-order valence-corrected chi connectivity index (χ2v) is 9.79. The molecule has 9 heteroatoms. The van der Waals surface area contributed by atoms with Crippen molar-refractivity contribution in [2.45, 2.75) is 30.3 Å². The Kier molecular flexibility index (Phi) is 7.56. The molecular formula is C25H29N5O3S. The Morgan fingerprint density at radius 2 is 1.68 bits per heavy atom. The van der Waals surface area contributed by atoms with Crippen LogP contribution in [0.4, 0.5) is 11.8 Å². The van der Waals surface area contributed by atoms with Gasteiger partial charge in [0.15, 0.2) is 0 Å². The summed E-state index contributed by atoms with van der Waals surface area (Å²) in [5.41, 5.74) is 6.82. The monoisotopic (exact) mass is 479 g/mol. The van der Waals surface area contributed by atoms with Gasteiger partial charge in [0.05, 0.1) is 16.5 Å². The number of hydrogen-bond acceptors (Lipinski definition) is 7. The smallest absolute Gasteiger partial charge is 0.241 e. The molecule has 178 valence electrons. The molecule has 4 aromatic rings. The molecule has 1 aromatic heterocycles. The first-order valence-electron chi connectivity index (χ1n) is 11.2. The highest BCUT2D eigenvalue weighted by Crippen LogP contribution is 2.23. The second kappa shape index (κ2) is 10.8. The Morgan fingerprint density at radius 3 is 2.50 bits per heavy atom. The lowest BCUT2D eigenvalue weighted by Crippen LogP contribution is -2.26. The van der Waals surface area contributed by atoms with Gasteiger partial charge in [0.1, 0.15) is 5.82 Å². The van der Waals surface area contributed by atoms with Gasteiger partial charge in [-0.05, 0) is 42.8 Å². The van der Waals surface area contributed by atoms with E-state index in [0.29, 0.717) is 36.2 Å². The first kappa shape index (κ1) is 23.9. The number of hydrogen-bond donors (Lipinski definition) is 3. The molecule has 0 spiro atoms. The molecule has 1 atom stereocenters. The number of unbranched alkanes of at least 4 members (excludes halogenated alkanes) is 1. The summed E-state index contributed by atoms with van der Waals surface area (Å²) in [6.07, 6.45) is 2.20. The van der Waals surface area contributed by atoms with Crippen molar-refractivity contribution in [1.82, 2.24) is 14.7 Å². The molecule has 0 amide bonds. The quantitative estimate of drug-likeness (QED) is 0.279. The third-order valence-electron chi connectivity index (χ3n) is 5.74. The van der Waals surface area contributed by atoms with E-state index in [0.717, 1.165) is 34.5 Å². The van der Waals surface area contributed by atoms with E-state index in [1.165, 1.54) is 0 Å². The van der Waals surface area contributed by atoms with Crippen LogP contribution in [0.1, 0.15) is 19.3 Å². The molecule has 1 unspecified atom stereocenters. The van der Waals surface area contributed by atoms with E-state index in [1.807, 2.05) is 54.6 Å². The molecule has 0 saturated heterocycles. The van der Waals surface area contributed by atoms with Crippen molar-refractivity contribution in [3.05, 3.63) is 66.7 Å².